The van der Waals surface area contributed by atoms with Crippen LogP contribution in [-0.4, -0.2) is 104 Å². The fourth-order valence-corrected chi connectivity index (χ4v) is 1.84. The third-order valence-corrected chi connectivity index (χ3v) is 3.07. The zero-order chi connectivity index (χ0) is 18.4. The van der Waals surface area contributed by atoms with Crippen molar-refractivity contribution >= 4 is 5.97 Å². The van der Waals surface area contributed by atoms with Gasteiger partial charge in [0.05, 0.1) is 13.5 Å². The number of carboxylic acid groups (broad SMARTS) is 1. The van der Waals surface area contributed by atoms with Crippen LogP contribution in [0, 0.1) is 0 Å². The first-order valence-electron chi connectivity index (χ1n) is 8.80. The highest BCUT2D eigenvalue weighted by Crippen LogP contribution is 1.70. The van der Waals surface area contributed by atoms with Crippen LogP contribution in [0.3, 0.4) is 0 Å². The summed E-state index contributed by atoms with van der Waals surface area (Å²) in [5.74, 6) is -0.952. The van der Waals surface area contributed by atoms with E-state index in [0.29, 0.717) is 6.73 Å². The number of nitrogens with one attached hydrogen (secondary N) is 6. The van der Waals surface area contributed by atoms with Crippen LogP contribution in [0.2, 0.25) is 0 Å². The predicted molar refractivity (Wildman–Crippen MR) is 97.8 cm³/mol. The average Bonchev–Trinajstić information content (AvgIpc) is 2.60. The third kappa shape index (κ3) is 23.1. The van der Waals surface area contributed by atoms with E-state index in [0.717, 1.165) is 65.4 Å². The van der Waals surface area contributed by atoms with Gasteiger partial charge in [0.15, 0.2) is 0 Å². The fraction of sp³-hybridized carbons (Fsp3) is 0.933. The predicted octanol–water partition coefficient (Wildman–Crippen LogP) is -2.81. The molecule has 0 heterocycles. The van der Waals surface area contributed by atoms with Gasteiger partial charge in [-0.1, -0.05) is 0 Å². The molecular formula is C15H36N6O4. The van der Waals surface area contributed by atoms with Crippen molar-refractivity contribution in [3.05, 3.63) is 0 Å². The first-order chi connectivity index (χ1) is 12.3. The normalized spacial score (nSPS) is 11.1. The van der Waals surface area contributed by atoms with Gasteiger partial charge < -0.3 is 35.8 Å². The number of ether oxygens (including phenoxy) is 2. The lowest BCUT2D eigenvalue weighted by atomic mass is 10.5. The first kappa shape index (κ1) is 24.1. The minimum absolute atomic E-state index is 0.260. The summed E-state index contributed by atoms with van der Waals surface area (Å²) >= 11 is 0. The molecule has 0 saturated carbocycles. The van der Waals surface area contributed by atoms with Crippen molar-refractivity contribution in [2.24, 2.45) is 0 Å². The van der Waals surface area contributed by atoms with E-state index in [9.17, 15) is 4.79 Å². The number of carboxylic acids is 1. The smallest absolute Gasteiger partial charge is 0.329 e. The zero-order valence-corrected chi connectivity index (χ0v) is 15.4. The van der Waals surface area contributed by atoms with Crippen molar-refractivity contribution in [2.75, 3.05) is 92.6 Å². The van der Waals surface area contributed by atoms with Crippen molar-refractivity contribution in [1.29, 1.82) is 0 Å². The van der Waals surface area contributed by atoms with Crippen LogP contribution < -0.4 is 31.9 Å². The van der Waals surface area contributed by atoms with Crippen molar-refractivity contribution < 1.29 is 19.4 Å². The number of hydrogen-bond donors (Lipinski definition) is 7. The molecule has 10 nitrogen and oxygen atoms in total. The summed E-state index contributed by atoms with van der Waals surface area (Å²) in [5.41, 5.74) is 0. The standard InChI is InChI=1S/C15H36N6O4/c1-24-13-20-10-8-18-6-4-16-2-3-17-5-7-19-9-11-21-14-25-12-15(22)23/h16-21H,2-14H2,1H3,(H,22,23). The second-order valence-corrected chi connectivity index (χ2v) is 5.32. The maximum atomic E-state index is 10.2. The van der Waals surface area contributed by atoms with Gasteiger partial charge in [0, 0.05) is 72.6 Å². The molecule has 150 valence electrons. The van der Waals surface area contributed by atoms with E-state index < -0.39 is 5.97 Å². The number of aliphatic carboxylic acids is 1. The van der Waals surface area contributed by atoms with Crippen molar-refractivity contribution in [3.8, 4) is 0 Å². The number of rotatable bonds is 21. The molecule has 0 saturated heterocycles. The van der Waals surface area contributed by atoms with Crippen LogP contribution in [0.25, 0.3) is 0 Å². The van der Waals surface area contributed by atoms with Gasteiger partial charge in [-0.3, -0.25) is 10.6 Å². The molecule has 0 bridgehead atoms. The van der Waals surface area contributed by atoms with Crippen LogP contribution in [0.1, 0.15) is 0 Å². The van der Waals surface area contributed by atoms with Gasteiger partial charge in [-0.25, -0.2) is 4.79 Å². The van der Waals surface area contributed by atoms with Gasteiger partial charge in [-0.2, -0.15) is 0 Å². The van der Waals surface area contributed by atoms with Crippen LogP contribution in [0.4, 0.5) is 0 Å². The Morgan fingerprint density at radius 3 is 1.40 bits per heavy atom. The lowest BCUT2D eigenvalue weighted by molar-refractivity contribution is -0.142. The van der Waals surface area contributed by atoms with Crippen molar-refractivity contribution in [3.63, 3.8) is 0 Å². The minimum atomic E-state index is -0.952. The van der Waals surface area contributed by atoms with E-state index in [1.165, 1.54) is 0 Å². The molecule has 0 spiro atoms. The van der Waals surface area contributed by atoms with E-state index in [2.05, 4.69) is 31.9 Å². The fourth-order valence-electron chi connectivity index (χ4n) is 1.84. The lowest BCUT2D eigenvalue weighted by Crippen LogP contribution is -2.37. The zero-order valence-electron chi connectivity index (χ0n) is 15.4. The highest BCUT2D eigenvalue weighted by molar-refractivity contribution is 5.67. The largest absolute Gasteiger partial charge is 0.480 e. The molecule has 0 aliphatic heterocycles. The Balaban J connectivity index is 2.97. The van der Waals surface area contributed by atoms with E-state index in [1.807, 2.05) is 0 Å². The summed E-state index contributed by atoms with van der Waals surface area (Å²) in [6.45, 7) is 9.63. The van der Waals surface area contributed by atoms with Gasteiger partial charge in [-0.05, 0) is 0 Å². The topological polar surface area (TPSA) is 128 Å². The van der Waals surface area contributed by atoms with E-state index in [1.54, 1.807) is 7.11 Å². The minimum Gasteiger partial charge on any atom is -0.480 e. The Morgan fingerprint density at radius 1 is 0.680 bits per heavy atom. The Hall–Kier alpha value is -0.850. The molecular weight excluding hydrogens is 328 g/mol. The monoisotopic (exact) mass is 364 g/mol. The average molecular weight is 364 g/mol. The Kier molecular flexibility index (Phi) is 20.5. The Bertz CT molecular complexity index is 287. The van der Waals surface area contributed by atoms with Crippen LogP contribution in [0.15, 0.2) is 0 Å². The summed E-state index contributed by atoms with van der Waals surface area (Å²) < 4.78 is 9.75. The molecule has 25 heavy (non-hydrogen) atoms. The van der Waals surface area contributed by atoms with E-state index >= 15 is 0 Å². The Morgan fingerprint density at radius 2 is 1.04 bits per heavy atom. The van der Waals surface area contributed by atoms with Crippen LogP contribution in [-0.2, 0) is 14.3 Å². The molecule has 0 aliphatic carbocycles. The molecule has 0 amide bonds. The second kappa shape index (κ2) is 21.2. The number of hydrogen-bond acceptors (Lipinski definition) is 9. The molecule has 0 aromatic heterocycles. The van der Waals surface area contributed by atoms with Gasteiger partial charge in [0.25, 0.3) is 0 Å². The lowest BCUT2D eigenvalue weighted by Gasteiger charge is -2.09. The third-order valence-electron chi connectivity index (χ3n) is 3.07. The molecule has 0 fully saturated rings. The highest BCUT2D eigenvalue weighted by atomic mass is 16.5. The summed E-state index contributed by atoms with van der Waals surface area (Å²) in [4.78, 5) is 10.2. The molecule has 0 unspecified atom stereocenters. The molecule has 0 aromatic rings. The van der Waals surface area contributed by atoms with Gasteiger partial charge in [0.2, 0.25) is 0 Å². The quantitative estimate of drug-likeness (QED) is 0.0847. The summed E-state index contributed by atoms with van der Waals surface area (Å²) in [5, 5.41) is 27.9. The summed E-state index contributed by atoms with van der Waals surface area (Å²) in [6.07, 6.45) is 0. The molecule has 0 radical (unpaired) electrons. The Labute approximate surface area is 150 Å². The number of carbonyl (C=O) groups is 1. The second-order valence-electron chi connectivity index (χ2n) is 5.32. The molecule has 10 heteroatoms. The first-order valence-corrected chi connectivity index (χ1v) is 8.80. The molecule has 7 N–H and O–H groups in total. The molecule has 0 aromatic carbocycles. The van der Waals surface area contributed by atoms with Gasteiger partial charge in [0.1, 0.15) is 6.61 Å². The van der Waals surface area contributed by atoms with Crippen LogP contribution in [0.5, 0.6) is 0 Å². The molecule has 0 aliphatic rings. The maximum Gasteiger partial charge on any atom is 0.329 e. The summed E-state index contributed by atoms with van der Waals surface area (Å²) in [6, 6.07) is 0. The van der Waals surface area contributed by atoms with Crippen molar-refractivity contribution in [2.45, 2.75) is 0 Å². The van der Waals surface area contributed by atoms with Crippen molar-refractivity contribution in [1.82, 2.24) is 31.9 Å². The van der Waals surface area contributed by atoms with Gasteiger partial charge >= 0.3 is 5.97 Å². The molecule has 0 rings (SSSR count). The molecule has 0 atom stereocenters. The maximum absolute atomic E-state index is 10.2. The highest BCUT2D eigenvalue weighted by Gasteiger charge is 1.95. The van der Waals surface area contributed by atoms with Gasteiger partial charge in [-0.15, -0.1) is 0 Å². The van der Waals surface area contributed by atoms with E-state index in [4.69, 9.17) is 14.6 Å². The van der Waals surface area contributed by atoms with Crippen LogP contribution >= 0.6 is 0 Å². The number of methoxy groups -OCH3 is 1. The van der Waals surface area contributed by atoms with E-state index in [-0.39, 0.29) is 13.3 Å². The SMILES string of the molecule is COCNCCNCCNCCNCCNCCNCOCC(=O)O. The summed E-state index contributed by atoms with van der Waals surface area (Å²) in [7, 11) is 1.68.